The summed E-state index contributed by atoms with van der Waals surface area (Å²) in [5.74, 6) is -0.815. The van der Waals surface area contributed by atoms with Crippen molar-refractivity contribution in [2.75, 3.05) is 11.9 Å². The molecule has 0 spiro atoms. The van der Waals surface area contributed by atoms with Gasteiger partial charge in [0.1, 0.15) is 17.7 Å². The number of rotatable bonds is 7. The van der Waals surface area contributed by atoms with Gasteiger partial charge in [-0.1, -0.05) is 53.6 Å². The third-order valence-electron chi connectivity index (χ3n) is 5.15. The molecule has 2 aromatic carbocycles. The van der Waals surface area contributed by atoms with E-state index in [1.807, 2.05) is 44.2 Å². The van der Waals surface area contributed by atoms with Crippen LogP contribution in [0.1, 0.15) is 57.4 Å². The highest BCUT2D eigenvalue weighted by Gasteiger charge is 2.34. The molecule has 0 aliphatic rings. The number of carbonyl (C=O) groups excluding carboxylic acids is 3. The molecular weight excluding hydrogens is 454 g/mol. The monoisotopic (exact) mass is 487 g/mol. The highest BCUT2D eigenvalue weighted by atomic mass is 35.5. The summed E-state index contributed by atoms with van der Waals surface area (Å²) in [6.07, 6.45) is -0.701. The molecule has 8 heteroatoms. The van der Waals surface area contributed by atoms with Crippen molar-refractivity contribution >= 4 is 35.2 Å². The quantitative estimate of drug-likeness (QED) is 0.547. The number of benzene rings is 2. The molecule has 0 saturated carbocycles. The predicted molar refractivity (Wildman–Crippen MR) is 135 cm³/mol. The molecule has 184 valence electrons. The Morgan fingerprint density at radius 3 is 2.21 bits per heavy atom. The minimum atomic E-state index is -0.934. The second-order valence-corrected chi connectivity index (χ2v) is 9.63. The fourth-order valence-corrected chi connectivity index (χ4v) is 3.73. The number of carbonyl (C=O) groups is 3. The number of likely N-dealkylation sites (N-methyl/N-ethyl adjacent to an activating group) is 1. The number of nitrogens with one attached hydrogen (secondary N) is 2. The lowest BCUT2D eigenvalue weighted by Gasteiger charge is -2.33. The van der Waals surface area contributed by atoms with Crippen LogP contribution in [0.4, 0.5) is 10.5 Å². The Hall–Kier alpha value is -3.06. The highest BCUT2D eigenvalue weighted by Crippen LogP contribution is 2.29. The molecule has 0 aliphatic carbocycles. The van der Waals surface area contributed by atoms with Crippen molar-refractivity contribution in [2.45, 2.75) is 66.2 Å². The maximum atomic E-state index is 13.6. The Bertz CT molecular complexity index is 1010. The van der Waals surface area contributed by atoms with E-state index in [1.165, 1.54) is 4.90 Å². The zero-order chi connectivity index (χ0) is 25.6. The molecule has 2 atom stereocenters. The Balaban J connectivity index is 2.38. The fraction of sp³-hybridized carbons (Fsp3) is 0.423. The summed E-state index contributed by atoms with van der Waals surface area (Å²) >= 11 is 6.32. The van der Waals surface area contributed by atoms with E-state index in [0.29, 0.717) is 16.3 Å². The van der Waals surface area contributed by atoms with E-state index in [2.05, 4.69) is 10.6 Å². The number of hydrogen-bond acceptors (Lipinski definition) is 4. The zero-order valence-electron chi connectivity index (χ0n) is 20.9. The SMILES string of the molecule is CCN(C(=O)C(C)NC(=O)OC(C)(C)C)C(C(=O)Nc1c(C)cccc1Cl)c1ccc(C)cc1. The maximum absolute atomic E-state index is 13.6. The predicted octanol–water partition coefficient (Wildman–Crippen LogP) is 5.40. The molecule has 2 rings (SSSR count). The van der Waals surface area contributed by atoms with Crippen LogP contribution < -0.4 is 10.6 Å². The maximum Gasteiger partial charge on any atom is 0.408 e. The van der Waals surface area contributed by atoms with E-state index in [0.717, 1.165) is 11.1 Å². The molecule has 7 nitrogen and oxygen atoms in total. The van der Waals surface area contributed by atoms with Crippen LogP contribution in [-0.4, -0.2) is 41.0 Å². The molecule has 0 saturated heterocycles. The first-order valence-corrected chi connectivity index (χ1v) is 11.6. The van der Waals surface area contributed by atoms with Crippen LogP contribution in [0, 0.1) is 13.8 Å². The molecule has 3 amide bonds. The molecule has 0 fully saturated rings. The molecule has 0 aromatic heterocycles. The standard InChI is InChI=1S/C26H34ClN3O4/c1-8-30(24(32)18(4)28-25(33)34-26(5,6)7)22(19-14-12-16(2)13-15-19)23(31)29-21-17(3)10-9-11-20(21)27/h9-15,18,22H,8H2,1-7H3,(H,28,33)(H,29,31). The first-order valence-electron chi connectivity index (χ1n) is 11.3. The van der Waals surface area contributed by atoms with Gasteiger partial charge in [0, 0.05) is 6.54 Å². The van der Waals surface area contributed by atoms with Crippen molar-refractivity contribution in [3.8, 4) is 0 Å². The number of hydrogen-bond donors (Lipinski definition) is 2. The van der Waals surface area contributed by atoms with Crippen LogP contribution >= 0.6 is 11.6 Å². The number of ether oxygens (including phenoxy) is 1. The lowest BCUT2D eigenvalue weighted by Crippen LogP contribution is -2.51. The topological polar surface area (TPSA) is 87.7 Å². The molecule has 0 heterocycles. The van der Waals surface area contributed by atoms with Gasteiger partial charge in [-0.15, -0.1) is 0 Å². The second kappa shape index (κ2) is 11.4. The number of halogens is 1. The largest absolute Gasteiger partial charge is 0.444 e. The van der Waals surface area contributed by atoms with Crippen molar-refractivity contribution in [3.63, 3.8) is 0 Å². The Morgan fingerprint density at radius 2 is 1.68 bits per heavy atom. The van der Waals surface area contributed by atoms with Crippen molar-refractivity contribution in [1.29, 1.82) is 0 Å². The third kappa shape index (κ3) is 7.22. The molecule has 2 aromatic rings. The molecule has 2 unspecified atom stereocenters. The minimum absolute atomic E-state index is 0.243. The van der Waals surface area contributed by atoms with Crippen molar-refractivity contribution in [1.82, 2.24) is 10.2 Å². The first kappa shape index (κ1) is 27.2. The van der Waals surface area contributed by atoms with Crippen LogP contribution in [-0.2, 0) is 14.3 Å². The van der Waals surface area contributed by atoms with Gasteiger partial charge in [-0.05, 0) is 65.7 Å². The summed E-state index contributed by atoms with van der Waals surface area (Å²) in [6.45, 7) is 12.6. The van der Waals surface area contributed by atoms with Crippen molar-refractivity contribution in [3.05, 3.63) is 64.2 Å². The summed E-state index contributed by atoms with van der Waals surface area (Å²) in [5, 5.41) is 5.87. The van der Waals surface area contributed by atoms with Gasteiger partial charge in [-0.3, -0.25) is 9.59 Å². The zero-order valence-corrected chi connectivity index (χ0v) is 21.6. The van der Waals surface area contributed by atoms with Crippen LogP contribution in [0.5, 0.6) is 0 Å². The summed E-state index contributed by atoms with van der Waals surface area (Å²) in [5.41, 5.74) is 2.27. The molecule has 0 bridgehead atoms. The van der Waals surface area contributed by atoms with Gasteiger partial charge in [-0.2, -0.15) is 0 Å². The van der Waals surface area contributed by atoms with Crippen LogP contribution in [0.15, 0.2) is 42.5 Å². The average molecular weight is 488 g/mol. The van der Waals surface area contributed by atoms with E-state index < -0.39 is 35.6 Å². The van der Waals surface area contributed by atoms with Gasteiger partial charge < -0.3 is 20.3 Å². The number of amides is 3. The normalized spacial score (nSPS) is 12.9. The number of aryl methyl sites for hydroxylation is 2. The molecule has 34 heavy (non-hydrogen) atoms. The van der Waals surface area contributed by atoms with Crippen LogP contribution in [0.25, 0.3) is 0 Å². The lowest BCUT2D eigenvalue weighted by atomic mass is 10.0. The van der Waals surface area contributed by atoms with E-state index >= 15 is 0 Å². The fourth-order valence-electron chi connectivity index (χ4n) is 3.46. The summed E-state index contributed by atoms with van der Waals surface area (Å²) in [7, 11) is 0. The summed E-state index contributed by atoms with van der Waals surface area (Å²) < 4.78 is 5.27. The van der Waals surface area contributed by atoms with Gasteiger partial charge in [0.15, 0.2) is 0 Å². The minimum Gasteiger partial charge on any atom is -0.444 e. The number of anilines is 1. The highest BCUT2D eigenvalue weighted by molar-refractivity contribution is 6.34. The first-order chi connectivity index (χ1) is 15.8. The Kier molecular flexibility index (Phi) is 9.10. The molecular formula is C26H34ClN3O4. The number of alkyl carbamates (subject to hydrolysis) is 1. The van der Waals surface area contributed by atoms with E-state index in [1.54, 1.807) is 46.8 Å². The molecule has 0 aliphatic heterocycles. The summed E-state index contributed by atoms with van der Waals surface area (Å²) in [4.78, 5) is 40.6. The van der Waals surface area contributed by atoms with Gasteiger partial charge in [0.05, 0.1) is 10.7 Å². The number of nitrogens with zero attached hydrogens (tertiary/aromatic N) is 1. The van der Waals surface area contributed by atoms with Gasteiger partial charge in [0.25, 0.3) is 5.91 Å². The lowest BCUT2D eigenvalue weighted by molar-refractivity contribution is -0.140. The third-order valence-corrected chi connectivity index (χ3v) is 5.47. The Morgan fingerprint density at radius 1 is 1.06 bits per heavy atom. The van der Waals surface area contributed by atoms with Crippen LogP contribution in [0.2, 0.25) is 5.02 Å². The molecule has 2 N–H and O–H groups in total. The van der Waals surface area contributed by atoms with E-state index in [9.17, 15) is 14.4 Å². The number of para-hydroxylation sites is 1. The Labute approximate surface area is 206 Å². The van der Waals surface area contributed by atoms with Gasteiger partial charge in [0.2, 0.25) is 5.91 Å². The summed E-state index contributed by atoms with van der Waals surface area (Å²) in [6, 6.07) is 10.9. The van der Waals surface area contributed by atoms with E-state index in [-0.39, 0.29) is 6.54 Å². The van der Waals surface area contributed by atoms with Crippen molar-refractivity contribution in [2.24, 2.45) is 0 Å². The van der Waals surface area contributed by atoms with Crippen molar-refractivity contribution < 1.29 is 19.1 Å². The smallest absolute Gasteiger partial charge is 0.408 e. The molecule has 0 radical (unpaired) electrons. The average Bonchev–Trinajstić information content (AvgIpc) is 2.73. The second-order valence-electron chi connectivity index (χ2n) is 9.23. The van der Waals surface area contributed by atoms with Gasteiger partial charge >= 0.3 is 6.09 Å². The van der Waals surface area contributed by atoms with Gasteiger partial charge in [-0.25, -0.2) is 4.79 Å². The van der Waals surface area contributed by atoms with E-state index in [4.69, 9.17) is 16.3 Å². The van der Waals surface area contributed by atoms with Crippen LogP contribution in [0.3, 0.4) is 0 Å².